The highest BCUT2D eigenvalue weighted by Crippen LogP contribution is 2.34. The summed E-state index contributed by atoms with van der Waals surface area (Å²) in [6.07, 6.45) is 9.50. The monoisotopic (exact) mass is 301 g/mol. The highest BCUT2D eigenvalue weighted by atomic mass is 16.5. The van der Waals surface area contributed by atoms with Crippen molar-refractivity contribution in [2.45, 2.75) is 0 Å². The second-order valence-electron chi connectivity index (χ2n) is 5.27. The van der Waals surface area contributed by atoms with Crippen LogP contribution in [0.1, 0.15) is 0 Å². The number of methoxy groups -OCH3 is 1. The number of rotatable bonds is 3. The highest BCUT2D eigenvalue weighted by Gasteiger charge is 2.11. The molecule has 0 unspecified atom stereocenters. The van der Waals surface area contributed by atoms with Crippen molar-refractivity contribution in [1.29, 1.82) is 0 Å². The molecular weight excluding hydrogens is 286 g/mol. The molecule has 1 aromatic carbocycles. The fourth-order valence-corrected chi connectivity index (χ4v) is 2.74. The summed E-state index contributed by atoms with van der Waals surface area (Å²) in [7, 11) is 1.68. The number of benzene rings is 1. The maximum Gasteiger partial charge on any atom is 0.137 e. The topological polar surface area (TPSA) is 39.4 Å². The maximum absolute atomic E-state index is 5.36. The Morgan fingerprint density at radius 3 is 2.70 bits per heavy atom. The van der Waals surface area contributed by atoms with E-state index in [2.05, 4.69) is 34.4 Å². The molecule has 0 fully saturated rings. The summed E-state index contributed by atoms with van der Waals surface area (Å²) in [6.45, 7) is 0. The molecule has 0 aliphatic carbocycles. The van der Waals surface area contributed by atoms with E-state index >= 15 is 0 Å². The van der Waals surface area contributed by atoms with Gasteiger partial charge in [-0.2, -0.15) is 0 Å². The quantitative estimate of drug-likeness (QED) is 0.572. The molecule has 23 heavy (non-hydrogen) atoms. The minimum absolute atomic E-state index is 0.836. The summed E-state index contributed by atoms with van der Waals surface area (Å²) >= 11 is 0. The molecule has 0 bridgehead atoms. The van der Waals surface area contributed by atoms with Crippen molar-refractivity contribution in [1.82, 2.24) is 14.4 Å². The SMILES string of the molecule is COc1cccc(-c2cc3nccn3cc2-c2cccnc2)c1. The summed E-state index contributed by atoms with van der Waals surface area (Å²) in [5.74, 6) is 0.836. The Labute approximate surface area is 134 Å². The van der Waals surface area contributed by atoms with Gasteiger partial charge in [0.2, 0.25) is 0 Å². The molecule has 4 aromatic rings. The summed E-state index contributed by atoms with van der Waals surface area (Å²) in [6, 6.07) is 14.2. The van der Waals surface area contributed by atoms with Crippen LogP contribution >= 0.6 is 0 Å². The highest BCUT2D eigenvalue weighted by molar-refractivity contribution is 5.85. The Hall–Kier alpha value is -3.14. The van der Waals surface area contributed by atoms with Crippen LogP contribution in [0.25, 0.3) is 27.9 Å². The van der Waals surface area contributed by atoms with E-state index in [9.17, 15) is 0 Å². The molecule has 0 spiro atoms. The van der Waals surface area contributed by atoms with Gasteiger partial charge < -0.3 is 9.14 Å². The molecule has 0 aliphatic heterocycles. The van der Waals surface area contributed by atoms with E-state index in [0.717, 1.165) is 33.7 Å². The van der Waals surface area contributed by atoms with Crippen LogP contribution in [-0.4, -0.2) is 21.5 Å². The Morgan fingerprint density at radius 1 is 0.957 bits per heavy atom. The third-order valence-electron chi connectivity index (χ3n) is 3.88. The molecular formula is C19H15N3O. The molecule has 0 radical (unpaired) electrons. The fraction of sp³-hybridized carbons (Fsp3) is 0.0526. The van der Waals surface area contributed by atoms with E-state index in [1.54, 1.807) is 19.5 Å². The zero-order chi connectivity index (χ0) is 15.6. The predicted octanol–water partition coefficient (Wildman–Crippen LogP) is 4.07. The maximum atomic E-state index is 5.36. The third-order valence-corrected chi connectivity index (χ3v) is 3.88. The van der Waals surface area contributed by atoms with Gasteiger partial charge in [0.05, 0.1) is 7.11 Å². The van der Waals surface area contributed by atoms with E-state index in [1.807, 2.05) is 41.1 Å². The van der Waals surface area contributed by atoms with Gasteiger partial charge in [0.25, 0.3) is 0 Å². The van der Waals surface area contributed by atoms with Crippen LogP contribution < -0.4 is 4.74 Å². The summed E-state index contributed by atoms with van der Waals surface area (Å²) in [5, 5.41) is 0. The van der Waals surface area contributed by atoms with E-state index in [4.69, 9.17) is 4.74 Å². The lowest BCUT2D eigenvalue weighted by Gasteiger charge is -2.12. The lowest BCUT2D eigenvalue weighted by molar-refractivity contribution is 0.415. The smallest absolute Gasteiger partial charge is 0.137 e. The largest absolute Gasteiger partial charge is 0.497 e. The number of pyridine rings is 2. The predicted molar refractivity (Wildman–Crippen MR) is 90.4 cm³/mol. The second kappa shape index (κ2) is 5.57. The molecule has 0 amide bonds. The van der Waals surface area contributed by atoms with Crippen molar-refractivity contribution in [2.24, 2.45) is 0 Å². The Morgan fingerprint density at radius 2 is 1.87 bits per heavy atom. The Kier molecular flexibility index (Phi) is 3.27. The van der Waals surface area contributed by atoms with E-state index in [-0.39, 0.29) is 0 Å². The average molecular weight is 301 g/mol. The molecule has 112 valence electrons. The zero-order valence-electron chi connectivity index (χ0n) is 12.7. The first-order chi connectivity index (χ1) is 11.3. The standard InChI is InChI=1S/C19H15N3O/c1-23-16-6-2-4-14(10-16)17-11-19-21-8-9-22(19)13-18(17)15-5-3-7-20-12-15/h2-13H,1H3. The molecule has 0 saturated carbocycles. The van der Waals surface area contributed by atoms with Crippen molar-refractivity contribution in [3.63, 3.8) is 0 Å². The van der Waals surface area contributed by atoms with Crippen LogP contribution in [0.15, 0.2) is 73.4 Å². The Bertz CT molecular complexity index is 961. The van der Waals surface area contributed by atoms with E-state index in [0.29, 0.717) is 0 Å². The van der Waals surface area contributed by atoms with Crippen LogP contribution in [0.5, 0.6) is 5.75 Å². The molecule has 4 rings (SSSR count). The van der Waals surface area contributed by atoms with Crippen LogP contribution in [0.4, 0.5) is 0 Å². The van der Waals surface area contributed by atoms with E-state index < -0.39 is 0 Å². The number of hydrogen-bond donors (Lipinski definition) is 0. The van der Waals surface area contributed by atoms with Gasteiger partial charge in [-0.25, -0.2) is 4.98 Å². The summed E-state index contributed by atoms with van der Waals surface area (Å²) in [5.41, 5.74) is 5.29. The minimum atomic E-state index is 0.836. The van der Waals surface area contributed by atoms with Gasteiger partial charge >= 0.3 is 0 Å². The molecule has 0 N–H and O–H groups in total. The normalized spacial score (nSPS) is 10.8. The minimum Gasteiger partial charge on any atom is -0.497 e. The first kappa shape index (κ1) is 13.5. The van der Waals surface area contributed by atoms with Crippen molar-refractivity contribution in [3.8, 4) is 28.0 Å². The summed E-state index contributed by atoms with van der Waals surface area (Å²) < 4.78 is 7.38. The molecule has 0 atom stereocenters. The number of aromatic nitrogens is 3. The fourth-order valence-electron chi connectivity index (χ4n) is 2.74. The first-order valence-corrected chi connectivity index (χ1v) is 7.37. The lowest BCUT2D eigenvalue weighted by atomic mass is 9.97. The van der Waals surface area contributed by atoms with Gasteiger partial charge in [0.1, 0.15) is 11.4 Å². The molecule has 3 aromatic heterocycles. The Balaban J connectivity index is 1.99. The van der Waals surface area contributed by atoms with Crippen molar-refractivity contribution in [2.75, 3.05) is 7.11 Å². The molecule has 0 aliphatic rings. The second-order valence-corrected chi connectivity index (χ2v) is 5.27. The zero-order valence-corrected chi connectivity index (χ0v) is 12.7. The average Bonchev–Trinajstić information content (AvgIpc) is 3.09. The first-order valence-electron chi connectivity index (χ1n) is 7.37. The summed E-state index contributed by atoms with van der Waals surface area (Å²) in [4.78, 5) is 8.65. The third kappa shape index (κ3) is 2.44. The van der Waals surface area contributed by atoms with Gasteiger partial charge in [0.15, 0.2) is 0 Å². The van der Waals surface area contributed by atoms with Crippen LogP contribution in [0.2, 0.25) is 0 Å². The van der Waals surface area contributed by atoms with Gasteiger partial charge in [-0.1, -0.05) is 18.2 Å². The number of nitrogens with zero attached hydrogens (tertiary/aromatic N) is 3. The lowest BCUT2D eigenvalue weighted by Crippen LogP contribution is -1.92. The van der Waals surface area contributed by atoms with Gasteiger partial charge in [0, 0.05) is 42.1 Å². The van der Waals surface area contributed by atoms with Crippen molar-refractivity contribution >= 4 is 5.65 Å². The van der Waals surface area contributed by atoms with Gasteiger partial charge in [-0.15, -0.1) is 0 Å². The van der Waals surface area contributed by atoms with Crippen LogP contribution in [0, 0.1) is 0 Å². The molecule has 4 heteroatoms. The molecule has 0 saturated heterocycles. The number of hydrogen-bond acceptors (Lipinski definition) is 3. The molecule has 3 heterocycles. The van der Waals surface area contributed by atoms with Crippen LogP contribution in [0.3, 0.4) is 0 Å². The van der Waals surface area contributed by atoms with E-state index in [1.165, 1.54) is 0 Å². The number of imidazole rings is 1. The van der Waals surface area contributed by atoms with Crippen molar-refractivity contribution < 1.29 is 4.74 Å². The van der Waals surface area contributed by atoms with Gasteiger partial charge in [-0.3, -0.25) is 4.98 Å². The molecule has 4 nitrogen and oxygen atoms in total. The van der Waals surface area contributed by atoms with Crippen LogP contribution in [-0.2, 0) is 0 Å². The van der Waals surface area contributed by atoms with Crippen molar-refractivity contribution in [3.05, 3.63) is 73.4 Å². The van der Waals surface area contributed by atoms with Gasteiger partial charge in [-0.05, 0) is 35.4 Å². The number of fused-ring (bicyclic) bond motifs is 1. The number of ether oxygens (including phenoxy) is 1.